The molecular weight excluding hydrogens is 464 g/mol. The van der Waals surface area contributed by atoms with Crippen molar-refractivity contribution in [1.82, 2.24) is 0 Å². The van der Waals surface area contributed by atoms with Gasteiger partial charge in [0.15, 0.2) is 0 Å². The minimum atomic E-state index is 1.25. The molecule has 1 heterocycles. The molecular formula is C36H22S. The molecule has 0 saturated heterocycles. The first-order valence-electron chi connectivity index (χ1n) is 12.7. The summed E-state index contributed by atoms with van der Waals surface area (Å²) in [6, 6.07) is 49.1. The molecule has 0 fully saturated rings. The summed E-state index contributed by atoms with van der Waals surface area (Å²) in [6.07, 6.45) is 0. The van der Waals surface area contributed by atoms with Crippen molar-refractivity contribution in [3.05, 3.63) is 133 Å². The van der Waals surface area contributed by atoms with E-state index in [2.05, 4.69) is 133 Å². The number of fused-ring (bicyclic) bond motifs is 7. The van der Waals surface area contributed by atoms with Gasteiger partial charge in [-0.3, -0.25) is 0 Å². The van der Waals surface area contributed by atoms with E-state index in [0.29, 0.717) is 0 Å². The van der Waals surface area contributed by atoms with Crippen LogP contribution in [0.25, 0.3) is 74.7 Å². The van der Waals surface area contributed by atoms with Crippen LogP contribution < -0.4 is 0 Å². The van der Waals surface area contributed by atoms with Crippen LogP contribution in [-0.4, -0.2) is 0 Å². The van der Waals surface area contributed by atoms with Gasteiger partial charge < -0.3 is 0 Å². The smallest absolute Gasteiger partial charge is 0.0433 e. The van der Waals surface area contributed by atoms with Gasteiger partial charge in [0.1, 0.15) is 0 Å². The fourth-order valence-electron chi connectivity index (χ4n) is 5.66. The van der Waals surface area contributed by atoms with Crippen molar-refractivity contribution < 1.29 is 0 Å². The molecule has 0 aliphatic rings. The largest absolute Gasteiger partial charge is 0.135 e. The summed E-state index contributed by atoms with van der Waals surface area (Å²) >= 11 is 1.90. The molecule has 0 aliphatic heterocycles. The Kier molecular flexibility index (Phi) is 4.49. The highest BCUT2D eigenvalue weighted by Gasteiger charge is 2.10. The normalized spacial score (nSPS) is 11.8. The average molecular weight is 487 g/mol. The lowest BCUT2D eigenvalue weighted by atomic mass is 9.96. The fraction of sp³-hybridized carbons (Fsp3) is 0. The third-order valence-electron chi connectivity index (χ3n) is 7.62. The quantitative estimate of drug-likeness (QED) is 0.228. The van der Waals surface area contributed by atoms with Crippen LogP contribution in [0.2, 0.25) is 0 Å². The molecule has 0 aliphatic carbocycles. The van der Waals surface area contributed by atoms with Crippen LogP contribution in [0.15, 0.2) is 133 Å². The minimum absolute atomic E-state index is 1.25. The third-order valence-corrected chi connectivity index (χ3v) is 8.84. The first kappa shape index (κ1) is 20.7. The van der Waals surface area contributed by atoms with E-state index in [0.717, 1.165) is 0 Å². The van der Waals surface area contributed by atoms with Gasteiger partial charge in [0.25, 0.3) is 0 Å². The summed E-state index contributed by atoms with van der Waals surface area (Å²) in [5.74, 6) is 0. The molecule has 0 bridgehead atoms. The summed E-state index contributed by atoms with van der Waals surface area (Å²) in [7, 11) is 0. The second kappa shape index (κ2) is 8.03. The van der Waals surface area contributed by atoms with E-state index >= 15 is 0 Å². The van der Waals surface area contributed by atoms with E-state index in [4.69, 9.17) is 0 Å². The lowest BCUT2D eigenvalue weighted by molar-refractivity contribution is 1.66. The zero-order valence-electron chi connectivity index (χ0n) is 20.1. The topological polar surface area (TPSA) is 0 Å². The predicted octanol–water partition coefficient (Wildman–Crippen LogP) is 10.8. The number of benzene rings is 7. The van der Waals surface area contributed by atoms with E-state index < -0.39 is 0 Å². The van der Waals surface area contributed by atoms with E-state index in [1.807, 2.05) is 11.3 Å². The summed E-state index contributed by atoms with van der Waals surface area (Å²) < 4.78 is 2.72. The van der Waals surface area contributed by atoms with E-state index in [1.165, 1.54) is 74.7 Å². The highest BCUT2D eigenvalue weighted by molar-refractivity contribution is 7.26. The first-order valence-corrected chi connectivity index (χ1v) is 13.5. The van der Waals surface area contributed by atoms with E-state index in [1.54, 1.807) is 0 Å². The van der Waals surface area contributed by atoms with Gasteiger partial charge in [-0.1, -0.05) is 103 Å². The Hall–Kier alpha value is -4.46. The van der Waals surface area contributed by atoms with Crippen LogP contribution in [0.1, 0.15) is 0 Å². The molecule has 7 aromatic carbocycles. The Morgan fingerprint density at radius 2 is 0.838 bits per heavy atom. The summed E-state index contributed by atoms with van der Waals surface area (Å²) in [5, 5.41) is 10.4. The highest BCUT2D eigenvalue weighted by atomic mass is 32.1. The predicted molar refractivity (Wildman–Crippen MR) is 163 cm³/mol. The first-order chi connectivity index (χ1) is 18.3. The van der Waals surface area contributed by atoms with Crippen molar-refractivity contribution in [2.24, 2.45) is 0 Å². The van der Waals surface area contributed by atoms with Gasteiger partial charge >= 0.3 is 0 Å². The molecule has 0 saturated carbocycles. The van der Waals surface area contributed by atoms with Gasteiger partial charge in [-0.2, -0.15) is 0 Å². The van der Waals surface area contributed by atoms with Gasteiger partial charge in [-0.25, -0.2) is 0 Å². The molecule has 0 N–H and O–H groups in total. The molecule has 8 rings (SSSR count). The Labute approximate surface area is 219 Å². The monoisotopic (exact) mass is 486 g/mol. The molecule has 8 aromatic rings. The van der Waals surface area contributed by atoms with Crippen molar-refractivity contribution in [2.75, 3.05) is 0 Å². The second-order valence-electron chi connectivity index (χ2n) is 9.82. The van der Waals surface area contributed by atoms with E-state index in [-0.39, 0.29) is 0 Å². The second-order valence-corrected chi connectivity index (χ2v) is 10.9. The summed E-state index contributed by atoms with van der Waals surface area (Å²) in [6.45, 7) is 0. The van der Waals surface area contributed by atoms with Crippen LogP contribution in [0, 0.1) is 0 Å². The average Bonchev–Trinajstić information content (AvgIpc) is 3.35. The number of hydrogen-bond donors (Lipinski definition) is 0. The van der Waals surface area contributed by atoms with Crippen molar-refractivity contribution in [3.8, 4) is 22.3 Å². The molecule has 172 valence electrons. The zero-order valence-corrected chi connectivity index (χ0v) is 20.9. The van der Waals surface area contributed by atoms with Crippen molar-refractivity contribution in [1.29, 1.82) is 0 Å². The van der Waals surface area contributed by atoms with Gasteiger partial charge in [0, 0.05) is 20.2 Å². The Balaban J connectivity index is 1.21. The molecule has 1 aromatic heterocycles. The Morgan fingerprint density at radius 1 is 0.324 bits per heavy atom. The van der Waals surface area contributed by atoms with Crippen LogP contribution >= 0.6 is 11.3 Å². The van der Waals surface area contributed by atoms with E-state index in [9.17, 15) is 0 Å². The van der Waals surface area contributed by atoms with Gasteiger partial charge in [0.2, 0.25) is 0 Å². The van der Waals surface area contributed by atoms with Crippen LogP contribution in [0.5, 0.6) is 0 Å². The molecule has 0 spiro atoms. The number of rotatable bonds is 2. The SMILES string of the molecule is c1ccc2cc(-c3ccc4cc(-c5ccc6sc7c8ccccc8ccc7c6c5)ccc4c3)ccc2c1. The Morgan fingerprint density at radius 3 is 1.57 bits per heavy atom. The summed E-state index contributed by atoms with van der Waals surface area (Å²) in [5.41, 5.74) is 5.03. The zero-order chi connectivity index (χ0) is 24.3. The third kappa shape index (κ3) is 3.36. The van der Waals surface area contributed by atoms with Gasteiger partial charge in [0.05, 0.1) is 0 Å². The van der Waals surface area contributed by atoms with Crippen LogP contribution in [0.3, 0.4) is 0 Å². The van der Waals surface area contributed by atoms with Gasteiger partial charge in [-0.15, -0.1) is 11.3 Å². The maximum atomic E-state index is 2.37. The molecule has 0 nitrogen and oxygen atoms in total. The van der Waals surface area contributed by atoms with Crippen LogP contribution in [-0.2, 0) is 0 Å². The van der Waals surface area contributed by atoms with Crippen molar-refractivity contribution >= 4 is 63.8 Å². The minimum Gasteiger partial charge on any atom is -0.135 e. The molecule has 37 heavy (non-hydrogen) atoms. The summed E-state index contributed by atoms with van der Waals surface area (Å²) in [4.78, 5) is 0. The maximum absolute atomic E-state index is 2.37. The molecule has 1 heteroatoms. The van der Waals surface area contributed by atoms with Crippen molar-refractivity contribution in [2.45, 2.75) is 0 Å². The highest BCUT2D eigenvalue weighted by Crippen LogP contribution is 2.40. The van der Waals surface area contributed by atoms with Crippen LogP contribution in [0.4, 0.5) is 0 Å². The molecule has 0 unspecified atom stereocenters. The maximum Gasteiger partial charge on any atom is 0.0433 e. The number of thiophene rings is 1. The molecule has 0 atom stereocenters. The Bertz CT molecular complexity index is 2140. The lowest BCUT2D eigenvalue weighted by Gasteiger charge is -2.08. The molecule has 0 radical (unpaired) electrons. The standard InChI is InChI=1S/C36H22S/c1-2-7-25-19-26(10-9-23(25)5-1)27-11-12-29-21-30(14-13-28(29)20-27)31-16-18-35-34(22-31)33-17-15-24-6-3-4-8-32(24)36(33)37-35/h1-22H. The fourth-order valence-corrected chi connectivity index (χ4v) is 6.88. The molecule has 0 amide bonds. The number of hydrogen-bond acceptors (Lipinski definition) is 1. The van der Waals surface area contributed by atoms with Gasteiger partial charge in [-0.05, 0) is 84.9 Å². The van der Waals surface area contributed by atoms with Crippen molar-refractivity contribution in [3.63, 3.8) is 0 Å². The lowest BCUT2D eigenvalue weighted by Crippen LogP contribution is -1.82.